The van der Waals surface area contributed by atoms with Crippen molar-refractivity contribution in [3.05, 3.63) is 65.1 Å². The van der Waals surface area contributed by atoms with Crippen LogP contribution >= 0.6 is 11.3 Å². The van der Waals surface area contributed by atoms with E-state index in [0.29, 0.717) is 0 Å². The molecule has 0 bridgehead atoms. The highest BCUT2D eigenvalue weighted by Crippen LogP contribution is 2.32. The summed E-state index contributed by atoms with van der Waals surface area (Å²) in [5.41, 5.74) is 3.94. The van der Waals surface area contributed by atoms with E-state index in [4.69, 9.17) is 0 Å². The molecule has 92 valence electrons. The van der Waals surface area contributed by atoms with Crippen molar-refractivity contribution in [1.29, 1.82) is 0 Å². The normalized spacial score (nSPS) is 12.3. The summed E-state index contributed by atoms with van der Waals surface area (Å²) in [4.78, 5) is 2.67. The molecule has 0 N–H and O–H groups in total. The topological polar surface area (TPSA) is 0 Å². The van der Waals surface area contributed by atoms with Gasteiger partial charge in [-0.1, -0.05) is 48.1 Å². The zero-order chi connectivity index (χ0) is 13.0. The lowest BCUT2D eigenvalue weighted by Crippen LogP contribution is -1.74. The molecule has 0 saturated heterocycles. The van der Waals surface area contributed by atoms with Gasteiger partial charge in [-0.3, -0.25) is 0 Å². The van der Waals surface area contributed by atoms with E-state index in [0.717, 1.165) is 0 Å². The van der Waals surface area contributed by atoms with E-state index in [-0.39, 0.29) is 0 Å². The van der Waals surface area contributed by atoms with E-state index >= 15 is 0 Å². The summed E-state index contributed by atoms with van der Waals surface area (Å²) < 4.78 is 0. The van der Waals surface area contributed by atoms with Gasteiger partial charge < -0.3 is 0 Å². The number of thiophene rings is 1. The molecule has 0 aliphatic heterocycles. The zero-order valence-corrected chi connectivity index (χ0v) is 11.9. The number of allylic oxidation sites excluding steroid dienone is 4. The van der Waals surface area contributed by atoms with Gasteiger partial charge in [0.1, 0.15) is 0 Å². The van der Waals surface area contributed by atoms with E-state index in [1.165, 1.54) is 26.5 Å². The molecule has 0 fully saturated rings. The minimum atomic E-state index is 1.31. The standard InChI is InChI=1S/C17H18S/c1-4-5-8-14(3)16-10-11-17(18-16)15-9-6-7-13(2)12-15/h4-12H,1-3H3/b5-4-,14-8+. The lowest BCUT2D eigenvalue weighted by atomic mass is 10.1. The molecule has 0 radical (unpaired) electrons. The summed E-state index contributed by atoms with van der Waals surface area (Å²) in [7, 11) is 0. The SMILES string of the molecule is C/C=C\C=C(/C)c1ccc(-c2cccc(C)c2)s1. The molecular weight excluding hydrogens is 236 g/mol. The zero-order valence-electron chi connectivity index (χ0n) is 11.1. The van der Waals surface area contributed by atoms with Crippen molar-refractivity contribution in [3.63, 3.8) is 0 Å². The maximum atomic E-state index is 2.24. The molecule has 0 saturated carbocycles. The van der Waals surface area contributed by atoms with Gasteiger partial charge in [-0.15, -0.1) is 11.3 Å². The first kappa shape index (κ1) is 12.8. The van der Waals surface area contributed by atoms with Gasteiger partial charge >= 0.3 is 0 Å². The number of aryl methyl sites for hydroxylation is 1. The summed E-state index contributed by atoms with van der Waals surface area (Å²) in [5, 5.41) is 0. The fourth-order valence-electron chi connectivity index (χ4n) is 1.83. The minimum Gasteiger partial charge on any atom is -0.136 e. The van der Waals surface area contributed by atoms with E-state index in [1.807, 2.05) is 18.3 Å². The van der Waals surface area contributed by atoms with Crippen LogP contribution in [-0.2, 0) is 0 Å². The van der Waals surface area contributed by atoms with Crippen molar-refractivity contribution in [2.45, 2.75) is 20.8 Å². The van der Waals surface area contributed by atoms with Crippen molar-refractivity contribution >= 4 is 16.9 Å². The Balaban J connectivity index is 2.31. The maximum absolute atomic E-state index is 2.24. The fourth-order valence-corrected chi connectivity index (χ4v) is 2.81. The number of hydrogen-bond acceptors (Lipinski definition) is 1. The molecule has 1 heterocycles. The van der Waals surface area contributed by atoms with Crippen LogP contribution in [0.1, 0.15) is 24.3 Å². The predicted octanol–water partition coefficient (Wildman–Crippen LogP) is 5.70. The largest absolute Gasteiger partial charge is 0.136 e. The van der Waals surface area contributed by atoms with Gasteiger partial charge in [0.05, 0.1) is 0 Å². The van der Waals surface area contributed by atoms with E-state index in [2.05, 4.69) is 68.5 Å². The Morgan fingerprint density at radius 3 is 2.72 bits per heavy atom. The lowest BCUT2D eigenvalue weighted by molar-refractivity contribution is 1.48. The Morgan fingerprint density at radius 2 is 2.00 bits per heavy atom. The van der Waals surface area contributed by atoms with Crippen LogP contribution in [0.3, 0.4) is 0 Å². The monoisotopic (exact) mass is 254 g/mol. The molecule has 18 heavy (non-hydrogen) atoms. The summed E-state index contributed by atoms with van der Waals surface area (Å²) in [5.74, 6) is 0. The van der Waals surface area contributed by atoms with Crippen LogP contribution in [-0.4, -0.2) is 0 Å². The highest BCUT2D eigenvalue weighted by atomic mass is 32.1. The molecule has 2 rings (SSSR count). The predicted molar refractivity (Wildman–Crippen MR) is 83.0 cm³/mol. The lowest BCUT2D eigenvalue weighted by Gasteiger charge is -1.99. The molecule has 2 aromatic rings. The van der Waals surface area contributed by atoms with Crippen LogP contribution in [0, 0.1) is 6.92 Å². The van der Waals surface area contributed by atoms with Crippen LogP contribution < -0.4 is 0 Å². The molecule has 0 atom stereocenters. The molecule has 1 aromatic heterocycles. The first-order valence-electron chi connectivity index (χ1n) is 6.17. The Kier molecular flexibility index (Phi) is 4.16. The smallest absolute Gasteiger partial charge is 0.0349 e. The molecule has 1 aromatic carbocycles. The summed E-state index contributed by atoms with van der Waals surface area (Å²) in [6.07, 6.45) is 6.30. The molecule has 0 amide bonds. The van der Waals surface area contributed by atoms with Gasteiger partial charge in [0.15, 0.2) is 0 Å². The van der Waals surface area contributed by atoms with Gasteiger partial charge in [-0.05, 0) is 44.0 Å². The number of benzene rings is 1. The van der Waals surface area contributed by atoms with Crippen LogP contribution in [0.2, 0.25) is 0 Å². The molecule has 0 aliphatic carbocycles. The minimum absolute atomic E-state index is 1.31. The number of rotatable bonds is 3. The van der Waals surface area contributed by atoms with Gasteiger partial charge in [-0.25, -0.2) is 0 Å². The average Bonchev–Trinajstić information content (AvgIpc) is 2.85. The summed E-state index contributed by atoms with van der Waals surface area (Å²) in [6.45, 7) is 6.33. The van der Waals surface area contributed by atoms with Crippen molar-refractivity contribution < 1.29 is 0 Å². The maximum Gasteiger partial charge on any atom is 0.0349 e. The van der Waals surface area contributed by atoms with Crippen molar-refractivity contribution in [3.8, 4) is 10.4 Å². The molecule has 0 nitrogen and oxygen atoms in total. The first-order chi connectivity index (χ1) is 8.70. The van der Waals surface area contributed by atoms with E-state index in [1.54, 1.807) is 0 Å². The van der Waals surface area contributed by atoms with Gasteiger partial charge in [0, 0.05) is 9.75 Å². The molecule has 0 spiro atoms. The molecule has 0 aliphatic rings. The van der Waals surface area contributed by atoms with Crippen molar-refractivity contribution in [2.24, 2.45) is 0 Å². The molecular formula is C17H18S. The quantitative estimate of drug-likeness (QED) is 0.616. The van der Waals surface area contributed by atoms with Crippen LogP contribution in [0.5, 0.6) is 0 Å². The summed E-state index contributed by atoms with van der Waals surface area (Å²) in [6, 6.07) is 13.1. The van der Waals surface area contributed by atoms with Crippen LogP contribution in [0.25, 0.3) is 16.0 Å². The Bertz CT molecular complexity index is 585. The summed E-state index contributed by atoms with van der Waals surface area (Å²) >= 11 is 1.85. The first-order valence-corrected chi connectivity index (χ1v) is 6.99. The van der Waals surface area contributed by atoms with E-state index < -0.39 is 0 Å². The van der Waals surface area contributed by atoms with Crippen LogP contribution in [0.15, 0.2) is 54.6 Å². The van der Waals surface area contributed by atoms with Gasteiger partial charge in [0.2, 0.25) is 0 Å². The average molecular weight is 254 g/mol. The Labute approximate surface area is 113 Å². The van der Waals surface area contributed by atoms with Gasteiger partial charge in [-0.2, -0.15) is 0 Å². The molecule has 1 heteroatoms. The highest BCUT2D eigenvalue weighted by molar-refractivity contribution is 7.16. The highest BCUT2D eigenvalue weighted by Gasteiger charge is 2.03. The number of hydrogen-bond donors (Lipinski definition) is 0. The third-order valence-electron chi connectivity index (χ3n) is 2.84. The van der Waals surface area contributed by atoms with Crippen molar-refractivity contribution in [1.82, 2.24) is 0 Å². The Hall–Kier alpha value is -1.60. The van der Waals surface area contributed by atoms with Crippen LogP contribution in [0.4, 0.5) is 0 Å². The third kappa shape index (κ3) is 2.99. The second-order valence-electron chi connectivity index (χ2n) is 4.41. The third-order valence-corrected chi connectivity index (χ3v) is 4.11. The molecule has 0 unspecified atom stereocenters. The fraction of sp³-hybridized carbons (Fsp3) is 0.176. The second-order valence-corrected chi connectivity index (χ2v) is 5.49. The van der Waals surface area contributed by atoms with E-state index in [9.17, 15) is 0 Å². The second kappa shape index (κ2) is 5.83. The van der Waals surface area contributed by atoms with Gasteiger partial charge in [0.25, 0.3) is 0 Å². The Morgan fingerprint density at radius 1 is 1.17 bits per heavy atom. The van der Waals surface area contributed by atoms with Crippen molar-refractivity contribution in [2.75, 3.05) is 0 Å².